The van der Waals surface area contributed by atoms with Gasteiger partial charge in [0.15, 0.2) is 0 Å². The van der Waals surface area contributed by atoms with E-state index < -0.39 is 0 Å². The molecular weight excluding hydrogens is 332 g/mol. The number of hydrogen-bond donors (Lipinski definition) is 1. The first-order valence-electron chi connectivity index (χ1n) is 11.4. The van der Waals surface area contributed by atoms with E-state index in [9.17, 15) is 0 Å². The molecule has 0 radical (unpaired) electrons. The Morgan fingerprint density at radius 1 is 1.11 bits per heavy atom. The summed E-state index contributed by atoms with van der Waals surface area (Å²) in [5, 5.41) is 3.31. The first-order valence-corrected chi connectivity index (χ1v) is 11.4. The van der Waals surface area contributed by atoms with Gasteiger partial charge in [0.2, 0.25) is 0 Å². The highest BCUT2D eigenvalue weighted by Crippen LogP contribution is 2.30. The lowest BCUT2D eigenvalue weighted by Gasteiger charge is -2.33. The average Bonchev–Trinajstić information content (AvgIpc) is 3.19. The van der Waals surface area contributed by atoms with Gasteiger partial charge in [0.05, 0.1) is 5.60 Å². The van der Waals surface area contributed by atoms with Crippen LogP contribution in [0.15, 0.2) is 12.3 Å². The monoisotopic (exact) mass is 376 g/mol. The fraction of sp³-hybridized carbons (Fsp3) is 0.792. The van der Waals surface area contributed by atoms with E-state index in [0.29, 0.717) is 5.92 Å². The first kappa shape index (κ1) is 23.9. The number of unbranched alkanes of at least 4 members (excludes halogenated alkanes) is 1. The number of pyridine rings is 1. The van der Waals surface area contributed by atoms with Crippen LogP contribution in [0.5, 0.6) is 0 Å². The Labute approximate surface area is 168 Å². The summed E-state index contributed by atoms with van der Waals surface area (Å²) in [4.78, 5) is 4.33. The number of nitrogens with one attached hydrogen (secondary N) is 1. The Kier molecular flexibility index (Phi) is 11.7. The lowest BCUT2D eigenvalue weighted by atomic mass is 9.89. The summed E-state index contributed by atoms with van der Waals surface area (Å²) in [7, 11) is 0. The molecule has 1 aliphatic rings. The smallest absolute Gasteiger partial charge is 0.129 e. The Morgan fingerprint density at radius 2 is 1.89 bits per heavy atom. The van der Waals surface area contributed by atoms with Crippen molar-refractivity contribution < 1.29 is 4.74 Å². The molecule has 0 amide bonds. The van der Waals surface area contributed by atoms with Crippen molar-refractivity contribution in [1.82, 2.24) is 4.98 Å². The zero-order valence-electron chi connectivity index (χ0n) is 18.9. The predicted molar refractivity (Wildman–Crippen MR) is 119 cm³/mol. The van der Waals surface area contributed by atoms with Gasteiger partial charge in [0.25, 0.3) is 0 Å². The van der Waals surface area contributed by atoms with Crippen LogP contribution in [0, 0.1) is 0 Å². The average molecular weight is 377 g/mol. The molecule has 3 heteroatoms. The summed E-state index contributed by atoms with van der Waals surface area (Å²) in [6.07, 6.45) is 12.9. The molecule has 27 heavy (non-hydrogen) atoms. The molecule has 2 unspecified atom stereocenters. The van der Waals surface area contributed by atoms with Crippen LogP contribution in [0.2, 0.25) is 0 Å². The molecule has 0 bridgehead atoms. The van der Waals surface area contributed by atoms with Crippen molar-refractivity contribution in [2.75, 3.05) is 18.5 Å². The van der Waals surface area contributed by atoms with E-state index >= 15 is 0 Å². The molecule has 0 saturated heterocycles. The van der Waals surface area contributed by atoms with Crippen molar-refractivity contribution in [3.63, 3.8) is 0 Å². The number of aromatic nitrogens is 1. The highest BCUT2D eigenvalue weighted by atomic mass is 16.5. The van der Waals surface area contributed by atoms with Gasteiger partial charge in [0, 0.05) is 19.3 Å². The molecule has 2 rings (SSSR count). The molecule has 0 spiro atoms. The van der Waals surface area contributed by atoms with Crippen LogP contribution in [0.4, 0.5) is 5.82 Å². The second-order valence-electron chi connectivity index (χ2n) is 7.95. The summed E-state index contributed by atoms with van der Waals surface area (Å²) >= 11 is 0. The van der Waals surface area contributed by atoms with Gasteiger partial charge in [-0.3, -0.25) is 0 Å². The summed E-state index contributed by atoms with van der Waals surface area (Å²) in [5.74, 6) is 1.77. The van der Waals surface area contributed by atoms with Gasteiger partial charge in [-0.25, -0.2) is 4.98 Å². The number of ether oxygens (including phenoxy) is 1. The van der Waals surface area contributed by atoms with Crippen LogP contribution in [-0.4, -0.2) is 23.7 Å². The quantitative estimate of drug-likeness (QED) is 0.446. The molecule has 1 aliphatic heterocycles. The molecule has 2 heterocycles. The van der Waals surface area contributed by atoms with Gasteiger partial charge in [-0.1, -0.05) is 60.8 Å². The van der Waals surface area contributed by atoms with Crippen LogP contribution < -0.4 is 5.32 Å². The first-order chi connectivity index (χ1) is 13.1. The van der Waals surface area contributed by atoms with Gasteiger partial charge in [-0.2, -0.15) is 0 Å². The zero-order valence-corrected chi connectivity index (χ0v) is 18.9. The second kappa shape index (κ2) is 13.1. The van der Waals surface area contributed by atoms with Crippen molar-refractivity contribution in [2.24, 2.45) is 0 Å². The van der Waals surface area contributed by atoms with Crippen LogP contribution in [0.3, 0.4) is 0 Å². The Morgan fingerprint density at radius 3 is 2.48 bits per heavy atom. The summed E-state index contributed by atoms with van der Waals surface area (Å²) in [6.45, 7) is 15.5. The number of hydrogen-bond acceptors (Lipinski definition) is 3. The topological polar surface area (TPSA) is 34.2 Å². The van der Waals surface area contributed by atoms with Crippen molar-refractivity contribution in [3.05, 3.63) is 23.4 Å². The van der Waals surface area contributed by atoms with Crippen LogP contribution in [-0.2, 0) is 11.2 Å². The van der Waals surface area contributed by atoms with Crippen LogP contribution >= 0.6 is 0 Å². The molecule has 1 aromatic rings. The molecule has 3 nitrogen and oxygen atoms in total. The molecule has 1 N–H and O–H groups in total. The minimum absolute atomic E-state index is 0.195. The van der Waals surface area contributed by atoms with E-state index in [1.165, 1.54) is 56.1 Å². The lowest BCUT2D eigenvalue weighted by molar-refractivity contribution is -0.0619. The maximum atomic E-state index is 6.07. The lowest BCUT2D eigenvalue weighted by Crippen LogP contribution is -2.32. The van der Waals surface area contributed by atoms with Crippen molar-refractivity contribution in [2.45, 2.75) is 111 Å². The maximum absolute atomic E-state index is 6.07. The standard InChI is InChI=1S/C13H28O.C11H16N2/c1-5-9-11-13(8-4,10-6-2)14-12-7-3;1-3-8(2)9-4-6-12-11-10(9)5-7-13-11/h5-12H2,1-4H3;4,6,8H,3,5,7H2,1-2H3,(H,12,13). The molecule has 0 saturated carbocycles. The zero-order chi connectivity index (χ0) is 20.1. The van der Waals surface area contributed by atoms with E-state index in [4.69, 9.17) is 4.74 Å². The largest absolute Gasteiger partial charge is 0.375 e. The minimum Gasteiger partial charge on any atom is -0.375 e. The number of anilines is 1. The van der Waals surface area contributed by atoms with Crippen molar-refractivity contribution >= 4 is 5.82 Å². The number of fused-ring (bicyclic) bond motifs is 1. The number of nitrogens with zero attached hydrogens (tertiary/aromatic N) is 1. The van der Waals surface area contributed by atoms with Gasteiger partial charge in [-0.15, -0.1) is 0 Å². The van der Waals surface area contributed by atoms with Gasteiger partial charge >= 0.3 is 0 Å². The SMILES string of the molecule is CCC(C)c1ccnc2c1CCN2.CCCCC(CC)(CCC)OCCC. The third-order valence-corrected chi connectivity index (χ3v) is 5.85. The number of rotatable bonds is 11. The molecular formula is C24H44N2O. The molecule has 156 valence electrons. The highest BCUT2D eigenvalue weighted by Gasteiger charge is 2.26. The molecule has 0 aliphatic carbocycles. The normalized spacial score (nSPS) is 15.9. The molecule has 0 fully saturated rings. The molecule has 2 atom stereocenters. The Balaban J connectivity index is 0.000000270. The van der Waals surface area contributed by atoms with Crippen LogP contribution in [0.1, 0.15) is 110 Å². The van der Waals surface area contributed by atoms with Crippen LogP contribution in [0.25, 0.3) is 0 Å². The van der Waals surface area contributed by atoms with Crippen molar-refractivity contribution in [1.29, 1.82) is 0 Å². The summed E-state index contributed by atoms with van der Waals surface area (Å²) < 4.78 is 6.07. The molecule has 1 aromatic heterocycles. The van der Waals surface area contributed by atoms with E-state index in [0.717, 1.165) is 31.8 Å². The van der Waals surface area contributed by atoms with E-state index in [1.54, 1.807) is 0 Å². The third-order valence-electron chi connectivity index (χ3n) is 5.85. The molecule has 0 aromatic carbocycles. The highest BCUT2D eigenvalue weighted by molar-refractivity contribution is 5.53. The van der Waals surface area contributed by atoms with Gasteiger partial charge in [0.1, 0.15) is 5.82 Å². The van der Waals surface area contributed by atoms with E-state index in [-0.39, 0.29) is 5.60 Å². The Hall–Kier alpha value is -1.09. The minimum atomic E-state index is 0.195. The Bertz CT molecular complexity index is 507. The predicted octanol–water partition coefficient (Wildman–Crippen LogP) is 7.12. The van der Waals surface area contributed by atoms with E-state index in [2.05, 4.69) is 57.9 Å². The maximum Gasteiger partial charge on any atom is 0.129 e. The summed E-state index contributed by atoms with van der Waals surface area (Å²) in [6, 6.07) is 2.17. The van der Waals surface area contributed by atoms with Gasteiger partial charge in [-0.05, 0) is 61.6 Å². The van der Waals surface area contributed by atoms with Crippen molar-refractivity contribution in [3.8, 4) is 0 Å². The third kappa shape index (κ3) is 7.44. The summed E-state index contributed by atoms with van der Waals surface area (Å²) in [5.41, 5.74) is 3.12. The fourth-order valence-corrected chi connectivity index (χ4v) is 3.91. The van der Waals surface area contributed by atoms with Gasteiger partial charge < -0.3 is 10.1 Å². The fourth-order valence-electron chi connectivity index (χ4n) is 3.91. The second-order valence-corrected chi connectivity index (χ2v) is 7.95. The van der Waals surface area contributed by atoms with E-state index in [1.807, 2.05) is 6.20 Å².